The van der Waals surface area contributed by atoms with Gasteiger partial charge in [0.25, 0.3) is 5.91 Å². The number of hydrogen-bond acceptors (Lipinski definition) is 3. The number of nitrogens with one attached hydrogen (secondary N) is 1. The molecule has 140 valence electrons. The van der Waals surface area contributed by atoms with Crippen molar-refractivity contribution in [3.8, 4) is 0 Å². The van der Waals surface area contributed by atoms with Crippen LogP contribution in [0, 0.1) is 0 Å². The van der Waals surface area contributed by atoms with Gasteiger partial charge in [-0.3, -0.25) is 4.79 Å². The lowest BCUT2D eigenvalue weighted by molar-refractivity contribution is 0.0953. The number of aromatic nitrogens is 1. The maximum Gasteiger partial charge on any atom is 0.252 e. The van der Waals surface area contributed by atoms with E-state index < -0.39 is 0 Å². The summed E-state index contributed by atoms with van der Waals surface area (Å²) in [4.78, 5) is 19.2. The van der Waals surface area contributed by atoms with Gasteiger partial charge in [-0.2, -0.15) is 0 Å². The minimum Gasteiger partial charge on any atom is -0.352 e. The van der Waals surface area contributed by atoms with Crippen molar-refractivity contribution in [3.05, 3.63) is 65.4 Å². The Balaban J connectivity index is 1.39. The molecule has 4 nitrogen and oxygen atoms in total. The van der Waals surface area contributed by atoms with Gasteiger partial charge in [0.05, 0.1) is 5.56 Å². The first-order valence-corrected chi connectivity index (χ1v) is 10.0. The number of pyridine rings is 1. The van der Waals surface area contributed by atoms with Crippen LogP contribution < -0.4 is 10.2 Å². The first-order valence-electron chi connectivity index (χ1n) is 10.0. The number of hydrogen-bond donors (Lipinski definition) is 1. The Labute approximate surface area is 161 Å². The lowest BCUT2D eigenvalue weighted by atomic mass is 9.97. The van der Waals surface area contributed by atoms with Crippen LogP contribution in [0.15, 0.2) is 54.2 Å². The molecule has 0 fully saturated rings. The quantitative estimate of drug-likeness (QED) is 0.779. The molecule has 2 heterocycles. The zero-order chi connectivity index (χ0) is 18.6. The molecule has 0 saturated heterocycles. The first-order chi connectivity index (χ1) is 13.2. The first kappa shape index (κ1) is 17.8. The highest BCUT2D eigenvalue weighted by Gasteiger charge is 2.27. The van der Waals surface area contributed by atoms with E-state index in [1.54, 1.807) is 6.20 Å². The summed E-state index contributed by atoms with van der Waals surface area (Å²) < 4.78 is 0. The largest absolute Gasteiger partial charge is 0.352 e. The number of rotatable bonds is 5. The Morgan fingerprint density at radius 1 is 1.22 bits per heavy atom. The van der Waals surface area contributed by atoms with Crippen molar-refractivity contribution in [2.24, 2.45) is 0 Å². The van der Waals surface area contributed by atoms with E-state index in [0.717, 1.165) is 18.7 Å². The van der Waals surface area contributed by atoms with E-state index in [2.05, 4.69) is 52.5 Å². The van der Waals surface area contributed by atoms with Crippen molar-refractivity contribution in [1.29, 1.82) is 0 Å². The number of nitrogens with zero attached hydrogens (tertiary/aromatic N) is 2. The molecule has 4 rings (SSSR count). The van der Waals surface area contributed by atoms with Gasteiger partial charge >= 0.3 is 0 Å². The second-order valence-electron chi connectivity index (χ2n) is 7.57. The number of anilines is 2. The van der Waals surface area contributed by atoms with E-state index >= 15 is 0 Å². The van der Waals surface area contributed by atoms with E-state index in [0.29, 0.717) is 18.2 Å². The minimum absolute atomic E-state index is 0.0414. The summed E-state index contributed by atoms with van der Waals surface area (Å²) in [6.45, 7) is 2.91. The van der Waals surface area contributed by atoms with Gasteiger partial charge in [-0.25, -0.2) is 4.98 Å². The average molecular weight is 361 g/mol. The second-order valence-corrected chi connectivity index (χ2v) is 7.57. The smallest absolute Gasteiger partial charge is 0.252 e. The minimum atomic E-state index is -0.0414. The zero-order valence-electron chi connectivity index (χ0n) is 15.9. The maximum absolute atomic E-state index is 12.4. The van der Waals surface area contributed by atoms with Crippen LogP contribution in [-0.4, -0.2) is 23.5 Å². The van der Waals surface area contributed by atoms with Crippen molar-refractivity contribution in [3.63, 3.8) is 0 Å². The average Bonchev–Trinajstić information content (AvgIpc) is 3.04. The SMILES string of the molecule is CC1Cc2ccccc2N1c1ccc(C(=O)NCCC2=CCCCC2)cn1. The van der Waals surface area contributed by atoms with Gasteiger partial charge in [0.1, 0.15) is 5.82 Å². The molecule has 2 aromatic rings. The Morgan fingerprint density at radius 2 is 2.11 bits per heavy atom. The fourth-order valence-electron chi connectivity index (χ4n) is 4.15. The van der Waals surface area contributed by atoms with Crippen molar-refractivity contribution in [2.75, 3.05) is 11.4 Å². The van der Waals surface area contributed by atoms with Gasteiger partial charge in [-0.15, -0.1) is 0 Å². The summed E-state index contributed by atoms with van der Waals surface area (Å²) in [7, 11) is 0. The summed E-state index contributed by atoms with van der Waals surface area (Å²) in [6, 6.07) is 12.7. The van der Waals surface area contributed by atoms with Crippen molar-refractivity contribution < 1.29 is 4.79 Å². The number of amides is 1. The lowest BCUT2D eigenvalue weighted by Crippen LogP contribution is -2.26. The summed E-state index contributed by atoms with van der Waals surface area (Å²) in [5, 5.41) is 3.03. The predicted molar refractivity (Wildman–Crippen MR) is 109 cm³/mol. The predicted octanol–water partition coefficient (Wildman–Crippen LogP) is 4.78. The summed E-state index contributed by atoms with van der Waals surface area (Å²) in [6.07, 6.45) is 11.0. The zero-order valence-corrected chi connectivity index (χ0v) is 15.9. The summed E-state index contributed by atoms with van der Waals surface area (Å²) in [5.74, 6) is 0.858. The Bertz CT molecular complexity index is 841. The van der Waals surface area contributed by atoms with Crippen LogP contribution in [0.2, 0.25) is 0 Å². The topological polar surface area (TPSA) is 45.2 Å². The molecule has 1 aromatic carbocycles. The fraction of sp³-hybridized carbons (Fsp3) is 0.391. The third-order valence-electron chi connectivity index (χ3n) is 5.58. The Kier molecular flexibility index (Phi) is 5.23. The number of benzene rings is 1. The molecule has 4 heteroatoms. The molecule has 1 unspecified atom stereocenters. The van der Waals surface area contributed by atoms with Crippen molar-refractivity contribution >= 4 is 17.4 Å². The molecule has 1 N–H and O–H groups in total. The Hall–Kier alpha value is -2.62. The van der Waals surface area contributed by atoms with Crippen molar-refractivity contribution in [2.45, 2.75) is 51.5 Å². The molecule has 27 heavy (non-hydrogen) atoms. The molecular formula is C23H27N3O. The molecule has 0 radical (unpaired) electrons. The van der Waals surface area contributed by atoms with Gasteiger partial charge in [-0.05, 0) is 69.2 Å². The number of carbonyl (C=O) groups excluding carboxylic acids is 1. The third-order valence-corrected chi connectivity index (χ3v) is 5.58. The maximum atomic E-state index is 12.4. The van der Waals surface area contributed by atoms with Crippen LogP contribution in [0.3, 0.4) is 0 Å². The third kappa shape index (κ3) is 3.90. The van der Waals surface area contributed by atoms with E-state index in [9.17, 15) is 4.79 Å². The molecular weight excluding hydrogens is 334 g/mol. The van der Waals surface area contributed by atoms with Gasteiger partial charge in [-0.1, -0.05) is 29.8 Å². The summed E-state index contributed by atoms with van der Waals surface area (Å²) >= 11 is 0. The molecule has 2 aliphatic rings. The normalized spacial score (nSPS) is 18.8. The molecule has 0 spiro atoms. The molecule has 1 aliphatic heterocycles. The standard InChI is InChI=1S/C23H27N3O/c1-17-15-19-9-5-6-10-21(19)26(17)22-12-11-20(16-25-22)23(27)24-14-13-18-7-3-2-4-8-18/h5-7,9-12,16-17H,2-4,8,13-15H2,1H3,(H,24,27). The molecule has 0 saturated carbocycles. The second kappa shape index (κ2) is 7.95. The van der Waals surface area contributed by atoms with Crippen molar-refractivity contribution in [1.82, 2.24) is 10.3 Å². The van der Waals surface area contributed by atoms with E-state index in [4.69, 9.17) is 0 Å². The molecule has 1 atom stereocenters. The van der Waals surface area contributed by atoms with Crippen LogP contribution in [-0.2, 0) is 6.42 Å². The number of allylic oxidation sites excluding steroid dienone is 1. The van der Waals surface area contributed by atoms with Crippen LogP contribution in [0.25, 0.3) is 0 Å². The molecule has 1 aromatic heterocycles. The van der Waals surface area contributed by atoms with E-state index in [-0.39, 0.29) is 5.91 Å². The van der Waals surface area contributed by atoms with Crippen LogP contribution in [0.1, 0.15) is 54.9 Å². The van der Waals surface area contributed by atoms with Gasteiger partial charge in [0.2, 0.25) is 0 Å². The highest BCUT2D eigenvalue weighted by atomic mass is 16.1. The van der Waals surface area contributed by atoms with Crippen LogP contribution >= 0.6 is 0 Å². The monoisotopic (exact) mass is 361 g/mol. The number of fused-ring (bicyclic) bond motifs is 1. The lowest BCUT2D eigenvalue weighted by Gasteiger charge is -2.23. The molecule has 1 amide bonds. The van der Waals surface area contributed by atoms with Gasteiger partial charge in [0.15, 0.2) is 0 Å². The summed E-state index contributed by atoms with van der Waals surface area (Å²) in [5.41, 5.74) is 4.68. The highest BCUT2D eigenvalue weighted by Crippen LogP contribution is 2.36. The number of para-hydroxylation sites is 1. The highest BCUT2D eigenvalue weighted by molar-refractivity contribution is 5.94. The molecule has 1 aliphatic carbocycles. The Morgan fingerprint density at radius 3 is 2.89 bits per heavy atom. The van der Waals surface area contributed by atoms with Gasteiger partial charge < -0.3 is 10.2 Å². The van der Waals surface area contributed by atoms with E-state index in [1.807, 2.05) is 12.1 Å². The van der Waals surface area contributed by atoms with Gasteiger partial charge in [0, 0.05) is 24.5 Å². The fourth-order valence-corrected chi connectivity index (χ4v) is 4.15. The number of carbonyl (C=O) groups is 1. The van der Waals surface area contributed by atoms with Crippen LogP contribution in [0.4, 0.5) is 11.5 Å². The van der Waals surface area contributed by atoms with Crippen LogP contribution in [0.5, 0.6) is 0 Å². The van der Waals surface area contributed by atoms with E-state index in [1.165, 1.54) is 42.5 Å². The molecule has 0 bridgehead atoms.